The van der Waals surface area contributed by atoms with Crippen LogP contribution >= 0.6 is 0 Å². The second-order valence-electron chi connectivity index (χ2n) is 6.43. The van der Waals surface area contributed by atoms with Crippen LogP contribution in [-0.2, 0) is 24.1 Å². The molecule has 132 valence electrons. The highest BCUT2D eigenvalue weighted by atomic mass is 32.2. The first kappa shape index (κ1) is 17.3. The Morgan fingerprint density at radius 1 is 0.880 bits per heavy atom. The summed E-state index contributed by atoms with van der Waals surface area (Å²) in [6, 6.07) is 8.83. The first-order chi connectivity index (χ1) is 11.6. The largest absolute Gasteiger partial charge is 0.328 e. The van der Waals surface area contributed by atoms with Crippen molar-refractivity contribution < 1.29 is 8.42 Å². The highest BCUT2D eigenvalue weighted by Crippen LogP contribution is 2.26. The topological polar surface area (TPSA) is 73.1 Å². The van der Waals surface area contributed by atoms with Crippen molar-refractivity contribution in [2.24, 2.45) is 14.1 Å². The van der Waals surface area contributed by atoms with Gasteiger partial charge in [0, 0.05) is 14.1 Å². The fourth-order valence-corrected chi connectivity index (χ4v) is 4.43. The number of imidazole rings is 1. The molecule has 25 heavy (non-hydrogen) atoms. The molecule has 0 aliphatic carbocycles. The lowest BCUT2D eigenvalue weighted by Crippen LogP contribution is -2.19. The van der Waals surface area contributed by atoms with Gasteiger partial charge in [0.05, 0.1) is 21.6 Å². The molecule has 0 bridgehead atoms. The van der Waals surface area contributed by atoms with Gasteiger partial charge in [-0.05, 0) is 50.1 Å². The third-order valence-electron chi connectivity index (χ3n) is 4.48. The maximum atomic E-state index is 12.9. The first-order valence-corrected chi connectivity index (χ1v) is 9.36. The summed E-state index contributed by atoms with van der Waals surface area (Å²) in [5.74, 6) is 0. The maximum Gasteiger partial charge on any atom is 0.328 e. The number of anilines is 1. The zero-order valence-corrected chi connectivity index (χ0v) is 15.7. The molecule has 0 aliphatic heterocycles. The van der Waals surface area contributed by atoms with Crippen molar-refractivity contribution in [3.8, 4) is 0 Å². The van der Waals surface area contributed by atoms with Crippen molar-refractivity contribution in [2.75, 3.05) is 4.72 Å². The highest BCUT2D eigenvalue weighted by molar-refractivity contribution is 7.92. The number of sulfonamides is 1. The molecule has 0 saturated heterocycles. The predicted molar refractivity (Wildman–Crippen MR) is 99.6 cm³/mol. The standard InChI is InChI=1S/C18H21N3O3S/c1-11-6-7-14(12(2)8-11)19-25(23,24)17-10-16-15(9-13(17)3)20(4)18(22)21(16)5/h6-10,19H,1-5H3. The summed E-state index contributed by atoms with van der Waals surface area (Å²) in [5, 5.41) is 0. The molecule has 1 N–H and O–H groups in total. The zero-order valence-electron chi connectivity index (χ0n) is 14.9. The Kier molecular flexibility index (Phi) is 3.99. The number of hydrogen-bond donors (Lipinski definition) is 1. The maximum absolute atomic E-state index is 12.9. The van der Waals surface area contributed by atoms with Crippen LogP contribution in [-0.4, -0.2) is 17.6 Å². The van der Waals surface area contributed by atoms with Gasteiger partial charge >= 0.3 is 5.69 Å². The Bertz CT molecular complexity index is 1150. The molecule has 0 atom stereocenters. The summed E-state index contributed by atoms with van der Waals surface area (Å²) in [4.78, 5) is 12.3. The number of fused-ring (bicyclic) bond motifs is 1. The Morgan fingerprint density at radius 3 is 2.08 bits per heavy atom. The van der Waals surface area contributed by atoms with Gasteiger partial charge in [0.1, 0.15) is 0 Å². The molecule has 2 aromatic carbocycles. The minimum atomic E-state index is -3.77. The highest BCUT2D eigenvalue weighted by Gasteiger charge is 2.21. The molecule has 0 amide bonds. The van der Waals surface area contributed by atoms with Gasteiger partial charge < -0.3 is 0 Å². The average molecular weight is 359 g/mol. The summed E-state index contributed by atoms with van der Waals surface area (Å²) < 4.78 is 31.4. The van der Waals surface area contributed by atoms with Crippen LogP contribution in [0.1, 0.15) is 16.7 Å². The summed E-state index contributed by atoms with van der Waals surface area (Å²) in [6.45, 7) is 5.55. The molecule has 0 radical (unpaired) electrons. The average Bonchev–Trinajstić information content (AvgIpc) is 2.74. The van der Waals surface area contributed by atoms with E-state index in [1.165, 1.54) is 9.13 Å². The van der Waals surface area contributed by atoms with Gasteiger partial charge in [0.2, 0.25) is 0 Å². The second-order valence-corrected chi connectivity index (χ2v) is 8.08. The van der Waals surface area contributed by atoms with Crippen molar-refractivity contribution in [2.45, 2.75) is 25.7 Å². The minimum Gasteiger partial charge on any atom is -0.295 e. The number of aryl methyl sites for hydroxylation is 5. The Balaban J connectivity index is 2.15. The van der Waals surface area contributed by atoms with Gasteiger partial charge in [-0.3, -0.25) is 13.9 Å². The number of aromatic nitrogens is 2. The Labute approximate surface area is 146 Å². The molecule has 0 spiro atoms. The van der Waals surface area contributed by atoms with E-state index in [1.807, 2.05) is 26.0 Å². The van der Waals surface area contributed by atoms with E-state index < -0.39 is 10.0 Å². The summed E-state index contributed by atoms with van der Waals surface area (Å²) in [7, 11) is -0.460. The number of hydrogen-bond acceptors (Lipinski definition) is 3. The molecular weight excluding hydrogens is 338 g/mol. The number of benzene rings is 2. The van der Waals surface area contributed by atoms with Gasteiger partial charge in [-0.2, -0.15) is 0 Å². The lowest BCUT2D eigenvalue weighted by atomic mass is 10.1. The van der Waals surface area contributed by atoms with Gasteiger partial charge in [-0.15, -0.1) is 0 Å². The van der Waals surface area contributed by atoms with E-state index in [0.717, 1.165) is 11.1 Å². The fraction of sp³-hybridized carbons (Fsp3) is 0.278. The number of nitrogens with one attached hydrogen (secondary N) is 1. The van der Waals surface area contributed by atoms with Crippen molar-refractivity contribution in [1.29, 1.82) is 0 Å². The number of nitrogens with zero attached hydrogens (tertiary/aromatic N) is 2. The Hall–Kier alpha value is -2.54. The second kappa shape index (κ2) is 5.77. The van der Waals surface area contributed by atoms with E-state index in [4.69, 9.17) is 0 Å². The molecule has 1 heterocycles. The minimum absolute atomic E-state index is 0.168. The van der Waals surface area contributed by atoms with Crippen LogP contribution in [0.5, 0.6) is 0 Å². The quantitative estimate of drug-likeness (QED) is 0.781. The van der Waals surface area contributed by atoms with Crippen molar-refractivity contribution in [3.63, 3.8) is 0 Å². The third kappa shape index (κ3) is 2.84. The molecule has 0 fully saturated rings. The van der Waals surface area contributed by atoms with E-state index in [2.05, 4.69) is 4.72 Å². The van der Waals surface area contributed by atoms with E-state index >= 15 is 0 Å². The number of rotatable bonds is 3. The normalized spacial score (nSPS) is 11.9. The van der Waals surface area contributed by atoms with E-state index in [1.54, 1.807) is 39.2 Å². The van der Waals surface area contributed by atoms with Gasteiger partial charge in [0.25, 0.3) is 10.0 Å². The van der Waals surface area contributed by atoms with E-state index in [-0.39, 0.29) is 10.6 Å². The molecule has 0 saturated carbocycles. The molecular formula is C18H21N3O3S. The van der Waals surface area contributed by atoms with Crippen LogP contribution in [0.3, 0.4) is 0 Å². The van der Waals surface area contributed by atoms with Gasteiger partial charge in [0.15, 0.2) is 0 Å². The molecule has 3 rings (SSSR count). The van der Waals surface area contributed by atoms with E-state index in [9.17, 15) is 13.2 Å². The van der Waals surface area contributed by atoms with Crippen LogP contribution in [0.2, 0.25) is 0 Å². The van der Waals surface area contributed by atoms with Crippen LogP contribution in [0.4, 0.5) is 5.69 Å². The summed E-state index contributed by atoms with van der Waals surface area (Å²) in [5.41, 5.74) is 4.16. The van der Waals surface area contributed by atoms with Crippen LogP contribution < -0.4 is 10.4 Å². The molecule has 3 aromatic rings. The van der Waals surface area contributed by atoms with Crippen LogP contribution in [0.15, 0.2) is 40.0 Å². The Morgan fingerprint density at radius 2 is 1.48 bits per heavy atom. The lowest BCUT2D eigenvalue weighted by Gasteiger charge is -2.13. The summed E-state index contributed by atoms with van der Waals surface area (Å²) in [6.07, 6.45) is 0. The van der Waals surface area contributed by atoms with E-state index in [0.29, 0.717) is 22.3 Å². The predicted octanol–water partition coefficient (Wildman–Crippen LogP) is 2.60. The zero-order chi connectivity index (χ0) is 18.5. The van der Waals surface area contributed by atoms with Crippen LogP contribution in [0, 0.1) is 20.8 Å². The fourth-order valence-electron chi connectivity index (χ4n) is 3.05. The molecule has 1 aromatic heterocycles. The monoisotopic (exact) mass is 359 g/mol. The SMILES string of the molecule is Cc1ccc(NS(=O)(=O)c2cc3c(cc2C)n(C)c(=O)n3C)c(C)c1. The lowest BCUT2D eigenvalue weighted by molar-refractivity contribution is 0.600. The summed E-state index contributed by atoms with van der Waals surface area (Å²) >= 11 is 0. The molecule has 7 heteroatoms. The first-order valence-electron chi connectivity index (χ1n) is 7.88. The van der Waals surface area contributed by atoms with Crippen molar-refractivity contribution in [1.82, 2.24) is 9.13 Å². The van der Waals surface area contributed by atoms with Gasteiger partial charge in [-0.1, -0.05) is 17.7 Å². The van der Waals surface area contributed by atoms with Crippen molar-refractivity contribution in [3.05, 3.63) is 57.5 Å². The third-order valence-corrected chi connectivity index (χ3v) is 5.99. The molecule has 6 nitrogen and oxygen atoms in total. The smallest absolute Gasteiger partial charge is 0.295 e. The molecule has 0 unspecified atom stereocenters. The van der Waals surface area contributed by atoms with Crippen molar-refractivity contribution >= 4 is 26.7 Å². The molecule has 0 aliphatic rings. The van der Waals surface area contributed by atoms with Crippen LogP contribution in [0.25, 0.3) is 11.0 Å². The van der Waals surface area contributed by atoms with Gasteiger partial charge in [-0.25, -0.2) is 13.2 Å².